The van der Waals surface area contributed by atoms with E-state index in [2.05, 4.69) is 0 Å². The number of aliphatic carboxylic acids is 1. The first-order valence-corrected chi connectivity index (χ1v) is 7.12. The Labute approximate surface area is 127 Å². The molecule has 0 aliphatic heterocycles. The number of benzene rings is 1. The summed E-state index contributed by atoms with van der Waals surface area (Å²) >= 11 is 0. The minimum Gasteiger partial charge on any atom is -0.480 e. The molecule has 0 saturated heterocycles. The zero-order valence-electron chi connectivity index (χ0n) is 12.5. The summed E-state index contributed by atoms with van der Waals surface area (Å²) in [5.74, 6) is -1.60. The fourth-order valence-corrected chi connectivity index (χ4v) is 2.39. The lowest BCUT2D eigenvalue weighted by Crippen LogP contribution is -2.37. The molecule has 0 radical (unpaired) electrons. The molecule has 0 bridgehead atoms. The monoisotopic (exact) mass is 306 g/mol. The summed E-state index contributed by atoms with van der Waals surface area (Å²) in [4.78, 5) is 35.3. The molecule has 0 aromatic heterocycles. The van der Waals surface area contributed by atoms with Gasteiger partial charge in [-0.15, -0.1) is 0 Å². The number of nitrogens with zero attached hydrogens (tertiary/aromatic N) is 2. The fraction of sp³-hybridized carbons (Fsp3) is 0.467. The molecule has 118 valence electrons. The maximum absolute atomic E-state index is 12.5. The summed E-state index contributed by atoms with van der Waals surface area (Å²) in [7, 11) is 0. The predicted molar refractivity (Wildman–Crippen MR) is 78.9 cm³/mol. The first kappa shape index (κ1) is 15.9. The topological polar surface area (TPSA) is 101 Å². The van der Waals surface area contributed by atoms with Crippen LogP contribution in [0.2, 0.25) is 0 Å². The number of rotatable bonds is 6. The molecule has 1 aliphatic carbocycles. The van der Waals surface area contributed by atoms with Crippen LogP contribution in [0.5, 0.6) is 0 Å². The molecule has 1 N–H and O–H groups in total. The van der Waals surface area contributed by atoms with Crippen LogP contribution >= 0.6 is 0 Å². The SMILES string of the molecule is CC(C)c1ccc(C(=O)N(CC(=O)O)C2CC2)cc1[N+](=O)[O-]. The normalized spacial score (nSPS) is 14.0. The van der Waals surface area contributed by atoms with E-state index < -0.39 is 16.8 Å². The van der Waals surface area contributed by atoms with Gasteiger partial charge in [0.15, 0.2) is 0 Å². The van der Waals surface area contributed by atoms with E-state index in [9.17, 15) is 19.7 Å². The van der Waals surface area contributed by atoms with Crippen LogP contribution < -0.4 is 0 Å². The van der Waals surface area contributed by atoms with Crippen molar-refractivity contribution in [3.8, 4) is 0 Å². The van der Waals surface area contributed by atoms with Crippen LogP contribution in [0, 0.1) is 10.1 Å². The molecule has 1 aliphatic rings. The Balaban J connectivity index is 2.34. The molecule has 7 nitrogen and oxygen atoms in total. The van der Waals surface area contributed by atoms with Crippen LogP contribution in [-0.4, -0.2) is 39.4 Å². The Morgan fingerprint density at radius 2 is 2.05 bits per heavy atom. The average Bonchev–Trinajstić information content (AvgIpc) is 3.27. The van der Waals surface area contributed by atoms with Crippen LogP contribution in [0.1, 0.15) is 48.5 Å². The lowest BCUT2D eigenvalue weighted by atomic mass is 9.99. The summed E-state index contributed by atoms with van der Waals surface area (Å²) in [5, 5.41) is 20.1. The molecule has 1 amide bonds. The summed E-state index contributed by atoms with van der Waals surface area (Å²) in [6.07, 6.45) is 1.54. The second-order valence-electron chi connectivity index (χ2n) is 5.74. The van der Waals surface area contributed by atoms with Gasteiger partial charge in [0.05, 0.1) is 4.92 Å². The minimum absolute atomic E-state index is 0.0388. The lowest BCUT2D eigenvalue weighted by Gasteiger charge is -2.20. The van der Waals surface area contributed by atoms with E-state index in [0.29, 0.717) is 5.56 Å². The molecule has 0 unspecified atom stereocenters. The highest BCUT2D eigenvalue weighted by molar-refractivity contribution is 5.97. The van der Waals surface area contributed by atoms with Crippen LogP contribution in [-0.2, 0) is 4.79 Å². The van der Waals surface area contributed by atoms with Crippen LogP contribution in [0.15, 0.2) is 18.2 Å². The third-order valence-corrected chi connectivity index (χ3v) is 3.65. The maximum atomic E-state index is 12.5. The molecule has 1 aromatic carbocycles. The van der Waals surface area contributed by atoms with Gasteiger partial charge < -0.3 is 10.0 Å². The van der Waals surface area contributed by atoms with Crippen LogP contribution in [0.3, 0.4) is 0 Å². The number of hydrogen-bond acceptors (Lipinski definition) is 4. The summed E-state index contributed by atoms with van der Waals surface area (Å²) in [6.45, 7) is 3.29. The Hall–Kier alpha value is -2.44. The molecule has 1 saturated carbocycles. The van der Waals surface area contributed by atoms with E-state index in [1.807, 2.05) is 13.8 Å². The third-order valence-electron chi connectivity index (χ3n) is 3.65. The fourth-order valence-electron chi connectivity index (χ4n) is 2.39. The van der Waals surface area contributed by atoms with Gasteiger partial charge in [-0.1, -0.05) is 19.9 Å². The van der Waals surface area contributed by atoms with Gasteiger partial charge in [0.2, 0.25) is 0 Å². The van der Waals surface area contributed by atoms with Gasteiger partial charge in [0.1, 0.15) is 6.54 Å². The molecule has 1 fully saturated rings. The molecule has 22 heavy (non-hydrogen) atoms. The second kappa shape index (κ2) is 6.13. The summed E-state index contributed by atoms with van der Waals surface area (Å²) in [6, 6.07) is 4.27. The number of carboxylic acid groups (broad SMARTS) is 1. The number of carbonyl (C=O) groups is 2. The number of amides is 1. The Kier molecular flexibility index (Phi) is 4.44. The van der Waals surface area contributed by atoms with Gasteiger partial charge in [-0.3, -0.25) is 19.7 Å². The molecular formula is C15H18N2O5. The van der Waals surface area contributed by atoms with Crippen molar-refractivity contribution in [2.24, 2.45) is 0 Å². The average molecular weight is 306 g/mol. The standard InChI is InChI=1S/C15H18N2O5/c1-9(2)12-6-3-10(7-13(12)17(21)22)15(20)16(8-14(18)19)11-4-5-11/h3,6-7,9,11H,4-5,8H2,1-2H3,(H,18,19). The Morgan fingerprint density at radius 3 is 2.50 bits per heavy atom. The lowest BCUT2D eigenvalue weighted by molar-refractivity contribution is -0.385. The van der Waals surface area contributed by atoms with Crippen molar-refractivity contribution in [3.05, 3.63) is 39.4 Å². The van der Waals surface area contributed by atoms with Crippen molar-refractivity contribution < 1.29 is 19.6 Å². The van der Waals surface area contributed by atoms with E-state index in [0.717, 1.165) is 12.8 Å². The zero-order valence-corrected chi connectivity index (χ0v) is 12.5. The molecule has 1 aromatic rings. The first-order chi connectivity index (χ1) is 10.3. The minimum atomic E-state index is -1.09. The third kappa shape index (κ3) is 3.41. The van der Waals surface area contributed by atoms with Crippen molar-refractivity contribution in [3.63, 3.8) is 0 Å². The molecule has 2 rings (SSSR count). The number of carbonyl (C=O) groups excluding carboxylic acids is 1. The highest BCUT2D eigenvalue weighted by Gasteiger charge is 2.35. The highest BCUT2D eigenvalue weighted by atomic mass is 16.6. The maximum Gasteiger partial charge on any atom is 0.323 e. The van der Waals surface area contributed by atoms with Crippen molar-refractivity contribution in [1.82, 2.24) is 4.90 Å². The van der Waals surface area contributed by atoms with Gasteiger partial charge in [-0.25, -0.2) is 0 Å². The molecule has 0 atom stereocenters. The highest BCUT2D eigenvalue weighted by Crippen LogP contribution is 2.31. The number of carboxylic acids is 1. The quantitative estimate of drug-likeness (QED) is 0.642. The molecule has 7 heteroatoms. The van der Waals surface area contributed by atoms with Gasteiger partial charge in [-0.2, -0.15) is 0 Å². The van der Waals surface area contributed by atoms with Crippen molar-refractivity contribution in [1.29, 1.82) is 0 Å². The molecule has 0 heterocycles. The predicted octanol–water partition coefficient (Wildman–Crippen LogP) is 2.41. The summed E-state index contributed by atoms with van der Waals surface area (Å²) < 4.78 is 0. The number of nitro benzene ring substituents is 1. The van der Waals surface area contributed by atoms with E-state index in [1.54, 1.807) is 6.07 Å². The summed E-state index contributed by atoms with van der Waals surface area (Å²) in [5.41, 5.74) is 0.605. The van der Waals surface area contributed by atoms with Crippen molar-refractivity contribution in [2.75, 3.05) is 6.54 Å². The van der Waals surface area contributed by atoms with E-state index in [1.165, 1.54) is 17.0 Å². The number of hydrogen-bond donors (Lipinski definition) is 1. The van der Waals surface area contributed by atoms with Gasteiger partial charge in [0, 0.05) is 23.2 Å². The smallest absolute Gasteiger partial charge is 0.323 e. The first-order valence-electron chi connectivity index (χ1n) is 7.12. The Morgan fingerprint density at radius 1 is 1.41 bits per heavy atom. The van der Waals surface area contributed by atoms with Crippen molar-refractivity contribution >= 4 is 17.6 Å². The van der Waals surface area contributed by atoms with E-state index >= 15 is 0 Å². The van der Waals surface area contributed by atoms with E-state index in [4.69, 9.17) is 5.11 Å². The largest absolute Gasteiger partial charge is 0.480 e. The van der Waals surface area contributed by atoms with E-state index in [-0.39, 0.29) is 29.8 Å². The van der Waals surface area contributed by atoms with Gasteiger partial charge >= 0.3 is 5.97 Å². The molecular weight excluding hydrogens is 288 g/mol. The van der Waals surface area contributed by atoms with Crippen LogP contribution in [0.4, 0.5) is 5.69 Å². The number of nitro groups is 1. The molecule has 0 spiro atoms. The Bertz CT molecular complexity index is 622. The van der Waals surface area contributed by atoms with Gasteiger partial charge in [0.25, 0.3) is 11.6 Å². The van der Waals surface area contributed by atoms with Crippen LogP contribution in [0.25, 0.3) is 0 Å². The van der Waals surface area contributed by atoms with Gasteiger partial charge in [-0.05, 0) is 24.8 Å². The van der Waals surface area contributed by atoms with Crippen molar-refractivity contribution in [2.45, 2.75) is 38.6 Å². The second-order valence-corrected chi connectivity index (χ2v) is 5.74. The zero-order chi connectivity index (χ0) is 16.4.